The average molecular weight is 282 g/mol. The van der Waals surface area contributed by atoms with Gasteiger partial charge in [-0.15, -0.1) is 0 Å². The lowest BCUT2D eigenvalue weighted by atomic mass is 10.1. The summed E-state index contributed by atoms with van der Waals surface area (Å²) in [6.45, 7) is 0.595. The number of benzene rings is 1. The van der Waals surface area contributed by atoms with E-state index in [1.807, 2.05) is 0 Å². The van der Waals surface area contributed by atoms with Crippen molar-refractivity contribution >= 4 is 17.6 Å². The van der Waals surface area contributed by atoms with Crippen molar-refractivity contribution in [2.24, 2.45) is 5.73 Å². The average Bonchev–Trinajstić information content (AvgIpc) is 2.43. The zero-order valence-electron chi connectivity index (χ0n) is 11.4. The lowest BCUT2D eigenvalue weighted by Gasteiger charge is -2.10. The number of amides is 1. The second-order valence-electron chi connectivity index (χ2n) is 4.33. The number of nitrogens with one attached hydrogen (secondary N) is 1. The Hall–Kier alpha value is -1.95. The summed E-state index contributed by atoms with van der Waals surface area (Å²) in [6.07, 6.45) is 2.72. The van der Waals surface area contributed by atoms with Crippen molar-refractivity contribution in [3.8, 4) is 0 Å². The van der Waals surface area contributed by atoms with Crippen molar-refractivity contribution in [3.05, 3.63) is 29.6 Å². The van der Waals surface area contributed by atoms with Crippen molar-refractivity contribution < 1.29 is 18.7 Å². The Morgan fingerprint density at radius 1 is 1.30 bits per heavy atom. The predicted octanol–water partition coefficient (Wildman–Crippen LogP) is 2.07. The number of carbonyl (C=O) groups excluding carboxylic acids is 2. The number of methoxy groups -OCH3 is 1. The minimum Gasteiger partial charge on any atom is -0.465 e. The quantitative estimate of drug-likeness (QED) is 0.592. The predicted molar refractivity (Wildman–Crippen MR) is 73.9 cm³/mol. The van der Waals surface area contributed by atoms with Crippen LogP contribution in [0.15, 0.2) is 18.2 Å². The standard InChI is InChI=1S/C14H19FN2O3/c1-20-14(19)11-7-6-10(15)9-12(11)17-13(18)5-3-2-4-8-16/h6-7,9H,2-5,8,16H2,1H3,(H,17,18). The highest BCUT2D eigenvalue weighted by molar-refractivity contribution is 6.01. The van der Waals surface area contributed by atoms with E-state index in [-0.39, 0.29) is 17.2 Å². The Labute approximate surface area is 117 Å². The summed E-state index contributed by atoms with van der Waals surface area (Å²) in [5.41, 5.74) is 5.61. The van der Waals surface area contributed by atoms with Crippen LogP contribution in [0.2, 0.25) is 0 Å². The molecule has 0 saturated carbocycles. The zero-order chi connectivity index (χ0) is 15.0. The van der Waals surface area contributed by atoms with E-state index in [9.17, 15) is 14.0 Å². The van der Waals surface area contributed by atoms with E-state index >= 15 is 0 Å². The lowest BCUT2D eigenvalue weighted by Crippen LogP contribution is -2.15. The topological polar surface area (TPSA) is 81.4 Å². The molecule has 0 aliphatic heterocycles. The van der Waals surface area contributed by atoms with Gasteiger partial charge in [-0.05, 0) is 37.6 Å². The normalized spacial score (nSPS) is 10.2. The Morgan fingerprint density at radius 2 is 2.05 bits per heavy atom. The third kappa shape index (κ3) is 4.97. The molecule has 0 fully saturated rings. The maximum absolute atomic E-state index is 13.2. The summed E-state index contributed by atoms with van der Waals surface area (Å²) in [7, 11) is 1.23. The summed E-state index contributed by atoms with van der Waals surface area (Å²) >= 11 is 0. The largest absolute Gasteiger partial charge is 0.465 e. The fourth-order valence-corrected chi connectivity index (χ4v) is 1.73. The molecule has 6 heteroatoms. The fraction of sp³-hybridized carbons (Fsp3) is 0.429. The van der Waals surface area contributed by atoms with Crippen LogP contribution < -0.4 is 11.1 Å². The molecule has 3 N–H and O–H groups in total. The second-order valence-corrected chi connectivity index (χ2v) is 4.33. The van der Waals surface area contributed by atoms with Gasteiger partial charge in [-0.25, -0.2) is 9.18 Å². The van der Waals surface area contributed by atoms with E-state index in [2.05, 4.69) is 10.1 Å². The Morgan fingerprint density at radius 3 is 2.70 bits per heavy atom. The highest BCUT2D eigenvalue weighted by atomic mass is 19.1. The van der Waals surface area contributed by atoms with Crippen LogP contribution in [-0.2, 0) is 9.53 Å². The number of halogens is 1. The first-order valence-corrected chi connectivity index (χ1v) is 6.46. The summed E-state index contributed by atoms with van der Waals surface area (Å²) < 4.78 is 17.8. The Balaban J connectivity index is 2.68. The molecule has 1 rings (SSSR count). The SMILES string of the molecule is COC(=O)c1ccc(F)cc1NC(=O)CCCCCN. The van der Waals surface area contributed by atoms with Gasteiger partial charge >= 0.3 is 5.97 Å². The number of esters is 1. The van der Waals surface area contributed by atoms with E-state index in [1.54, 1.807) is 0 Å². The summed E-state index contributed by atoms with van der Waals surface area (Å²) in [4.78, 5) is 23.2. The fourth-order valence-electron chi connectivity index (χ4n) is 1.73. The number of ether oxygens (including phenoxy) is 1. The number of nitrogens with two attached hydrogens (primary N) is 1. The van der Waals surface area contributed by atoms with E-state index in [4.69, 9.17) is 5.73 Å². The molecule has 0 saturated heterocycles. The molecule has 0 radical (unpaired) electrons. The Bertz CT molecular complexity index is 477. The first-order chi connectivity index (χ1) is 9.58. The van der Waals surface area contributed by atoms with Gasteiger partial charge < -0.3 is 15.8 Å². The molecule has 0 aliphatic rings. The maximum atomic E-state index is 13.2. The summed E-state index contributed by atoms with van der Waals surface area (Å²) in [5, 5.41) is 2.53. The molecule has 0 aliphatic carbocycles. The molecule has 0 aromatic heterocycles. The van der Waals surface area contributed by atoms with E-state index in [0.29, 0.717) is 19.4 Å². The lowest BCUT2D eigenvalue weighted by molar-refractivity contribution is -0.116. The van der Waals surface area contributed by atoms with Gasteiger partial charge in [-0.3, -0.25) is 4.79 Å². The van der Waals surface area contributed by atoms with Crippen molar-refractivity contribution in [2.75, 3.05) is 19.0 Å². The van der Waals surface area contributed by atoms with Gasteiger partial charge in [-0.1, -0.05) is 6.42 Å². The zero-order valence-corrected chi connectivity index (χ0v) is 11.4. The van der Waals surface area contributed by atoms with Gasteiger partial charge in [0.05, 0.1) is 18.4 Å². The first-order valence-electron chi connectivity index (χ1n) is 6.46. The van der Waals surface area contributed by atoms with Crippen LogP contribution in [0.25, 0.3) is 0 Å². The molecule has 1 aromatic rings. The number of unbranched alkanes of at least 4 members (excludes halogenated alkanes) is 2. The molecule has 1 aromatic carbocycles. The molecular formula is C14H19FN2O3. The van der Waals surface area contributed by atoms with Gasteiger partial charge in [0.2, 0.25) is 5.91 Å². The van der Waals surface area contributed by atoms with E-state index in [0.717, 1.165) is 25.0 Å². The molecule has 0 spiro atoms. The molecule has 0 atom stereocenters. The van der Waals surface area contributed by atoms with Crippen molar-refractivity contribution in [2.45, 2.75) is 25.7 Å². The van der Waals surface area contributed by atoms with Crippen LogP contribution in [0.1, 0.15) is 36.0 Å². The molecule has 110 valence electrons. The van der Waals surface area contributed by atoms with Crippen LogP contribution in [-0.4, -0.2) is 25.5 Å². The number of hydrogen-bond acceptors (Lipinski definition) is 4. The molecule has 0 unspecified atom stereocenters. The van der Waals surface area contributed by atoms with Crippen LogP contribution in [0.5, 0.6) is 0 Å². The number of rotatable bonds is 7. The van der Waals surface area contributed by atoms with Crippen LogP contribution in [0.4, 0.5) is 10.1 Å². The Kier molecular flexibility index (Phi) is 6.66. The number of hydrogen-bond donors (Lipinski definition) is 2. The minimum atomic E-state index is -0.622. The summed E-state index contributed by atoms with van der Waals surface area (Å²) in [6, 6.07) is 3.53. The molecule has 20 heavy (non-hydrogen) atoms. The van der Waals surface area contributed by atoms with Gasteiger partial charge in [0.15, 0.2) is 0 Å². The molecule has 1 amide bonds. The van der Waals surface area contributed by atoms with Gasteiger partial charge in [0, 0.05) is 6.42 Å². The molecule has 5 nitrogen and oxygen atoms in total. The highest BCUT2D eigenvalue weighted by Crippen LogP contribution is 2.18. The van der Waals surface area contributed by atoms with Gasteiger partial charge in [0.25, 0.3) is 0 Å². The molecule has 0 heterocycles. The maximum Gasteiger partial charge on any atom is 0.339 e. The van der Waals surface area contributed by atoms with Crippen LogP contribution >= 0.6 is 0 Å². The first kappa shape index (κ1) is 16.1. The van der Waals surface area contributed by atoms with Crippen molar-refractivity contribution in [3.63, 3.8) is 0 Å². The number of anilines is 1. The van der Waals surface area contributed by atoms with E-state index in [1.165, 1.54) is 13.2 Å². The van der Waals surface area contributed by atoms with Gasteiger partial charge in [-0.2, -0.15) is 0 Å². The third-order valence-corrected chi connectivity index (χ3v) is 2.77. The van der Waals surface area contributed by atoms with Crippen LogP contribution in [0.3, 0.4) is 0 Å². The van der Waals surface area contributed by atoms with Crippen molar-refractivity contribution in [1.82, 2.24) is 0 Å². The third-order valence-electron chi connectivity index (χ3n) is 2.77. The van der Waals surface area contributed by atoms with Crippen LogP contribution in [0, 0.1) is 5.82 Å². The van der Waals surface area contributed by atoms with Gasteiger partial charge in [0.1, 0.15) is 5.82 Å². The smallest absolute Gasteiger partial charge is 0.339 e. The monoisotopic (exact) mass is 282 g/mol. The minimum absolute atomic E-state index is 0.126. The number of carbonyl (C=O) groups is 2. The highest BCUT2D eigenvalue weighted by Gasteiger charge is 2.14. The second kappa shape index (κ2) is 8.27. The molecule has 0 bridgehead atoms. The summed E-state index contributed by atoms with van der Waals surface area (Å²) in [5.74, 6) is -1.42. The molecular weight excluding hydrogens is 263 g/mol. The van der Waals surface area contributed by atoms with E-state index < -0.39 is 11.8 Å². The van der Waals surface area contributed by atoms with Crippen molar-refractivity contribution in [1.29, 1.82) is 0 Å².